The topological polar surface area (TPSA) is 37.3 Å². The van der Waals surface area contributed by atoms with E-state index in [1.807, 2.05) is 0 Å². The Morgan fingerprint density at radius 1 is 1.18 bits per heavy atom. The maximum Gasteiger partial charge on any atom is 0.306 e. The summed E-state index contributed by atoms with van der Waals surface area (Å²) in [5, 5.41) is 8.54. The van der Waals surface area contributed by atoms with Gasteiger partial charge in [0, 0.05) is 0 Å². The van der Waals surface area contributed by atoms with Crippen LogP contribution in [0.25, 0.3) is 0 Å². The van der Waals surface area contributed by atoms with Gasteiger partial charge in [0.05, 0.1) is 5.92 Å². The first-order chi connectivity index (χ1) is 5.30. The molecule has 2 heteroatoms. The number of hydrogen-bond donors (Lipinski definition) is 1. The Hall–Kier alpha value is -0.790. The molecule has 0 amide bonds. The van der Waals surface area contributed by atoms with Crippen molar-refractivity contribution in [3.63, 3.8) is 0 Å². The minimum absolute atomic E-state index is 0.0289. The SMILES string of the molecule is C=C.O=C(O)C1CCCCC1. The second-order valence-corrected chi connectivity index (χ2v) is 2.67. The summed E-state index contributed by atoms with van der Waals surface area (Å²) < 4.78 is 0. The molecule has 0 aromatic rings. The Kier molecular flexibility index (Phi) is 5.53. The maximum absolute atomic E-state index is 10.4. The summed E-state index contributed by atoms with van der Waals surface area (Å²) in [5.41, 5.74) is 0. The van der Waals surface area contributed by atoms with Crippen LogP contribution < -0.4 is 0 Å². The van der Waals surface area contributed by atoms with Gasteiger partial charge in [0.2, 0.25) is 0 Å². The van der Waals surface area contributed by atoms with Gasteiger partial charge in [-0.15, -0.1) is 13.2 Å². The molecule has 0 radical (unpaired) electrons. The molecule has 0 bridgehead atoms. The average Bonchev–Trinajstić information content (AvgIpc) is 2.10. The van der Waals surface area contributed by atoms with Crippen LogP contribution in [0.1, 0.15) is 32.1 Å². The summed E-state index contributed by atoms with van der Waals surface area (Å²) in [6, 6.07) is 0. The number of carboxylic acids is 1. The first-order valence-corrected chi connectivity index (χ1v) is 4.03. The van der Waals surface area contributed by atoms with E-state index in [1.165, 1.54) is 6.42 Å². The Bertz CT molecular complexity index is 115. The monoisotopic (exact) mass is 156 g/mol. The van der Waals surface area contributed by atoms with Gasteiger partial charge in [-0.2, -0.15) is 0 Å². The van der Waals surface area contributed by atoms with Gasteiger partial charge in [0.1, 0.15) is 0 Å². The summed E-state index contributed by atoms with van der Waals surface area (Å²) in [5.74, 6) is -0.631. The van der Waals surface area contributed by atoms with Crippen LogP contribution in [0.2, 0.25) is 0 Å². The van der Waals surface area contributed by atoms with E-state index in [9.17, 15) is 4.79 Å². The van der Waals surface area contributed by atoms with Gasteiger partial charge in [-0.1, -0.05) is 19.3 Å². The fraction of sp³-hybridized carbons (Fsp3) is 0.667. The molecular weight excluding hydrogens is 140 g/mol. The molecule has 0 aliphatic heterocycles. The van der Waals surface area contributed by atoms with Gasteiger partial charge >= 0.3 is 5.97 Å². The van der Waals surface area contributed by atoms with Crippen LogP contribution >= 0.6 is 0 Å². The molecule has 64 valence electrons. The molecule has 0 heterocycles. The Balaban J connectivity index is 0.000000461. The van der Waals surface area contributed by atoms with E-state index in [0.717, 1.165) is 25.7 Å². The summed E-state index contributed by atoms with van der Waals surface area (Å²) >= 11 is 0. The zero-order valence-corrected chi connectivity index (χ0v) is 6.88. The lowest BCUT2D eigenvalue weighted by Gasteiger charge is -2.16. The fourth-order valence-corrected chi connectivity index (χ4v) is 1.35. The molecule has 1 rings (SSSR count). The third-order valence-corrected chi connectivity index (χ3v) is 1.95. The molecule has 0 spiro atoms. The summed E-state index contributed by atoms with van der Waals surface area (Å²) in [6.07, 6.45) is 5.24. The molecule has 0 unspecified atom stereocenters. The normalized spacial score (nSPS) is 18.2. The quantitative estimate of drug-likeness (QED) is 0.592. The Morgan fingerprint density at radius 2 is 1.64 bits per heavy atom. The van der Waals surface area contributed by atoms with E-state index < -0.39 is 5.97 Å². The first-order valence-electron chi connectivity index (χ1n) is 4.03. The van der Waals surface area contributed by atoms with E-state index in [4.69, 9.17) is 5.11 Å². The zero-order valence-electron chi connectivity index (χ0n) is 6.88. The van der Waals surface area contributed by atoms with Crippen LogP contribution in [-0.2, 0) is 4.79 Å². The van der Waals surface area contributed by atoms with E-state index in [2.05, 4.69) is 13.2 Å². The van der Waals surface area contributed by atoms with E-state index in [-0.39, 0.29) is 5.92 Å². The lowest BCUT2D eigenvalue weighted by atomic mass is 9.90. The number of carboxylic acid groups (broad SMARTS) is 1. The van der Waals surface area contributed by atoms with Crippen molar-refractivity contribution in [2.45, 2.75) is 32.1 Å². The Morgan fingerprint density at radius 3 is 1.91 bits per heavy atom. The molecule has 11 heavy (non-hydrogen) atoms. The van der Waals surface area contributed by atoms with Crippen LogP contribution in [0.3, 0.4) is 0 Å². The molecular formula is C9H16O2. The minimum Gasteiger partial charge on any atom is -0.481 e. The number of aliphatic carboxylic acids is 1. The molecule has 0 aromatic carbocycles. The van der Waals surface area contributed by atoms with Crippen molar-refractivity contribution < 1.29 is 9.90 Å². The smallest absolute Gasteiger partial charge is 0.306 e. The van der Waals surface area contributed by atoms with Crippen molar-refractivity contribution in [3.05, 3.63) is 13.2 Å². The van der Waals surface area contributed by atoms with Gasteiger partial charge in [-0.05, 0) is 12.8 Å². The van der Waals surface area contributed by atoms with Gasteiger partial charge in [0.15, 0.2) is 0 Å². The van der Waals surface area contributed by atoms with E-state index in [0.29, 0.717) is 0 Å². The van der Waals surface area contributed by atoms with Gasteiger partial charge in [-0.3, -0.25) is 4.79 Å². The highest BCUT2D eigenvalue weighted by Crippen LogP contribution is 2.23. The van der Waals surface area contributed by atoms with Crippen molar-refractivity contribution in [2.75, 3.05) is 0 Å². The Labute approximate surface area is 67.9 Å². The van der Waals surface area contributed by atoms with Crippen LogP contribution in [0.4, 0.5) is 0 Å². The third-order valence-electron chi connectivity index (χ3n) is 1.95. The van der Waals surface area contributed by atoms with Crippen molar-refractivity contribution in [1.82, 2.24) is 0 Å². The third kappa shape index (κ3) is 3.81. The highest BCUT2D eigenvalue weighted by Gasteiger charge is 2.19. The highest BCUT2D eigenvalue weighted by molar-refractivity contribution is 5.69. The number of carbonyl (C=O) groups is 1. The molecule has 0 atom stereocenters. The lowest BCUT2D eigenvalue weighted by Crippen LogP contribution is -2.16. The molecule has 0 saturated heterocycles. The predicted octanol–water partition coefficient (Wildman–Crippen LogP) is 2.45. The second kappa shape index (κ2) is 5.96. The molecule has 2 nitrogen and oxygen atoms in total. The fourth-order valence-electron chi connectivity index (χ4n) is 1.35. The number of rotatable bonds is 1. The largest absolute Gasteiger partial charge is 0.481 e. The van der Waals surface area contributed by atoms with Crippen LogP contribution in [-0.4, -0.2) is 11.1 Å². The van der Waals surface area contributed by atoms with Gasteiger partial charge < -0.3 is 5.11 Å². The molecule has 1 aliphatic carbocycles. The molecule has 0 aromatic heterocycles. The minimum atomic E-state index is -0.602. The second-order valence-electron chi connectivity index (χ2n) is 2.67. The molecule has 1 N–H and O–H groups in total. The average molecular weight is 156 g/mol. The zero-order chi connectivity index (χ0) is 8.69. The number of hydrogen-bond acceptors (Lipinski definition) is 1. The van der Waals surface area contributed by atoms with Crippen molar-refractivity contribution >= 4 is 5.97 Å². The van der Waals surface area contributed by atoms with Crippen molar-refractivity contribution in [1.29, 1.82) is 0 Å². The summed E-state index contributed by atoms with van der Waals surface area (Å²) in [6.45, 7) is 6.00. The summed E-state index contributed by atoms with van der Waals surface area (Å²) in [4.78, 5) is 10.4. The first kappa shape index (κ1) is 10.2. The van der Waals surface area contributed by atoms with Crippen molar-refractivity contribution in [3.8, 4) is 0 Å². The predicted molar refractivity (Wildman–Crippen MR) is 45.5 cm³/mol. The maximum atomic E-state index is 10.4. The van der Waals surface area contributed by atoms with Gasteiger partial charge in [0.25, 0.3) is 0 Å². The summed E-state index contributed by atoms with van der Waals surface area (Å²) in [7, 11) is 0. The molecule has 1 fully saturated rings. The van der Waals surface area contributed by atoms with Crippen molar-refractivity contribution in [2.24, 2.45) is 5.92 Å². The van der Waals surface area contributed by atoms with Crippen LogP contribution in [0.5, 0.6) is 0 Å². The van der Waals surface area contributed by atoms with E-state index in [1.54, 1.807) is 0 Å². The standard InChI is InChI=1S/C7H12O2.C2H4/c8-7(9)6-4-2-1-3-5-6;1-2/h6H,1-5H2,(H,8,9);1-2H2. The van der Waals surface area contributed by atoms with Gasteiger partial charge in [-0.25, -0.2) is 0 Å². The van der Waals surface area contributed by atoms with Crippen LogP contribution in [0.15, 0.2) is 13.2 Å². The molecule has 1 aliphatic rings. The lowest BCUT2D eigenvalue weighted by molar-refractivity contribution is -0.142. The highest BCUT2D eigenvalue weighted by atomic mass is 16.4. The van der Waals surface area contributed by atoms with E-state index >= 15 is 0 Å². The van der Waals surface area contributed by atoms with Crippen LogP contribution in [0, 0.1) is 5.92 Å². The molecule has 1 saturated carbocycles.